The zero-order valence-electron chi connectivity index (χ0n) is 7.92. The van der Waals surface area contributed by atoms with Crippen LogP contribution in [0.15, 0.2) is 6.07 Å². The quantitative estimate of drug-likeness (QED) is 0.683. The molecule has 0 radical (unpaired) electrons. The van der Waals surface area contributed by atoms with Crippen molar-refractivity contribution in [2.45, 2.75) is 25.7 Å². The van der Waals surface area contributed by atoms with Gasteiger partial charge in [0, 0.05) is 5.69 Å². The first-order valence-corrected chi connectivity index (χ1v) is 4.76. The van der Waals surface area contributed by atoms with Crippen molar-refractivity contribution in [2.75, 3.05) is 5.73 Å². The lowest BCUT2D eigenvalue weighted by molar-refractivity contribution is 0.100. The third-order valence-electron chi connectivity index (χ3n) is 2.60. The highest BCUT2D eigenvalue weighted by molar-refractivity contribution is 5.97. The number of aromatic nitrogens is 1. The zero-order valence-corrected chi connectivity index (χ0v) is 7.92. The number of nitrogens with two attached hydrogens (primary N) is 2. The van der Waals surface area contributed by atoms with E-state index in [0.29, 0.717) is 5.56 Å². The van der Waals surface area contributed by atoms with Crippen molar-refractivity contribution in [3.63, 3.8) is 0 Å². The molecule has 1 heterocycles. The first-order chi connectivity index (χ1) is 6.68. The predicted molar refractivity (Wildman–Crippen MR) is 53.8 cm³/mol. The van der Waals surface area contributed by atoms with Crippen LogP contribution in [-0.2, 0) is 12.8 Å². The summed E-state index contributed by atoms with van der Waals surface area (Å²) in [6.45, 7) is 0. The van der Waals surface area contributed by atoms with Crippen molar-refractivity contribution in [2.24, 2.45) is 5.73 Å². The van der Waals surface area contributed by atoms with E-state index in [1.54, 1.807) is 6.07 Å². The Bertz CT molecular complexity index is 387. The minimum Gasteiger partial charge on any atom is -0.383 e. The Morgan fingerprint density at radius 1 is 1.36 bits per heavy atom. The van der Waals surface area contributed by atoms with Crippen LogP contribution in [0.4, 0.5) is 5.82 Å². The van der Waals surface area contributed by atoms with Gasteiger partial charge in [-0.05, 0) is 37.3 Å². The highest BCUT2D eigenvalue weighted by Crippen LogP contribution is 2.22. The highest BCUT2D eigenvalue weighted by Gasteiger charge is 2.15. The first kappa shape index (κ1) is 8.99. The van der Waals surface area contributed by atoms with Crippen LogP contribution >= 0.6 is 0 Å². The van der Waals surface area contributed by atoms with Crippen molar-refractivity contribution in [3.05, 3.63) is 22.9 Å². The van der Waals surface area contributed by atoms with Gasteiger partial charge in [-0.25, -0.2) is 4.98 Å². The van der Waals surface area contributed by atoms with Gasteiger partial charge in [0.2, 0.25) is 0 Å². The topological polar surface area (TPSA) is 82.0 Å². The summed E-state index contributed by atoms with van der Waals surface area (Å²) in [7, 11) is 0. The molecule has 0 atom stereocenters. The van der Waals surface area contributed by atoms with Gasteiger partial charge in [0.05, 0.1) is 5.56 Å². The molecule has 14 heavy (non-hydrogen) atoms. The Morgan fingerprint density at radius 3 is 2.79 bits per heavy atom. The van der Waals surface area contributed by atoms with Crippen molar-refractivity contribution < 1.29 is 4.79 Å². The molecule has 74 valence electrons. The van der Waals surface area contributed by atoms with Crippen LogP contribution in [0.1, 0.15) is 34.5 Å². The molecule has 1 amide bonds. The van der Waals surface area contributed by atoms with Crippen LogP contribution < -0.4 is 11.5 Å². The van der Waals surface area contributed by atoms with Crippen LogP contribution in [0.2, 0.25) is 0 Å². The van der Waals surface area contributed by atoms with Gasteiger partial charge in [0.1, 0.15) is 5.82 Å². The lowest BCUT2D eigenvalue weighted by atomic mass is 9.94. The maximum atomic E-state index is 11.0. The van der Waals surface area contributed by atoms with Gasteiger partial charge in [-0.3, -0.25) is 4.79 Å². The number of hydrogen-bond acceptors (Lipinski definition) is 3. The number of carbonyl (C=O) groups excluding carboxylic acids is 1. The number of hydrogen-bond donors (Lipinski definition) is 2. The van der Waals surface area contributed by atoms with Gasteiger partial charge in [0.15, 0.2) is 0 Å². The Morgan fingerprint density at radius 2 is 2.07 bits per heavy atom. The zero-order chi connectivity index (χ0) is 10.1. The molecule has 0 saturated heterocycles. The maximum absolute atomic E-state index is 11.0. The number of nitrogen functional groups attached to an aromatic ring is 1. The second-order valence-electron chi connectivity index (χ2n) is 3.60. The minimum absolute atomic E-state index is 0.262. The number of fused-ring (bicyclic) bond motifs is 1. The molecule has 1 aliphatic rings. The van der Waals surface area contributed by atoms with E-state index in [2.05, 4.69) is 4.98 Å². The minimum atomic E-state index is -0.497. The summed E-state index contributed by atoms with van der Waals surface area (Å²) in [6, 6.07) is 1.79. The number of rotatable bonds is 1. The fourth-order valence-corrected chi connectivity index (χ4v) is 1.85. The largest absolute Gasteiger partial charge is 0.383 e. The Hall–Kier alpha value is -1.58. The van der Waals surface area contributed by atoms with E-state index in [4.69, 9.17) is 11.5 Å². The Labute approximate surface area is 82.3 Å². The fraction of sp³-hybridized carbons (Fsp3) is 0.400. The molecule has 4 N–H and O–H groups in total. The molecule has 0 saturated carbocycles. The van der Waals surface area contributed by atoms with Crippen molar-refractivity contribution in [1.82, 2.24) is 4.98 Å². The molecule has 1 aliphatic carbocycles. The van der Waals surface area contributed by atoms with Gasteiger partial charge in [-0.15, -0.1) is 0 Å². The van der Waals surface area contributed by atoms with E-state index < -0.39 is 5.91 Å². The molecule has 1 aromatic heterocycles. The summed E-state index contributed by atoms with van der Waals surface area (Å²) in [4.78, 5) is 15.2. The van der Waals surface area contributed by atoms with E-state index in [9.17, 15) is 4.79 Å². The van der Waals surface area contributed by atoms with Gasteiger partial charge >= 0.3 is 0 Å². The van der Waals surface area contributed by atoms with Crippen molar-refractivity contribution in [3.8, 4) is 0 Å². The van der Waals surface area contributed by atoms with Crippen LogP contribution in [0.5, 0.6) is 0 Å². The molecular weight excluding hydrogens is 178 g/mol. The predicted octanol–water partition coefficient (Wildman–Crippen LogP) is 0.641. The molecule has 4 heteroatoms. The van der Waals surface area contributed by atoms with E-state index in [1.807, 2.05) is 0 Å². The monoisotopic (exact) mass is 191 g/mol. The van der Waals surface area contributed by atoms with Gasteiger partial charge in [-0.1, -0.05) is 0 Å². The SMILES string of the molecule is NC(=O)c1cc2c(nc1N)CCCC2. The lowest BCUT2D eigenvalue weighted by Crippen LogP contribution is -2.17. The fourth-order valence-electron chi connectivity index (χ4n) is 1.85. The van der Waals surface area contributed by atoms with Gasteiger partial charge in [-0.2, -0.15) is 0 Å². The molecule has 0 spiro atoms. The van der Waals surface area contributed by atoms with E-state index in [0.717, 1.165) is 36.9 Å². The van der Waals surface area contributed by atoms with Gasteiger partial charge in [0.25, 0.3) is 5.91 Å². The smallest absolute Gasteiger partial charge is 0.252 e. The van der Waals surface area contributed by atoms with Crippen molar-refractivity contribution >= 4 is 11.7 Å². The Balaban J connectivity index is 2.50. The molecule has 4 nitrogen and oxygen atoms in total. The summed E-state index contributed by atoms with van der Waals surface area (Å²) in [5.41, 5.74) is 13.3. The average Bonchev–Trinajstić information content (AvgIpc) is 2.16. The maximum Gasteiger partial charge on any atom is 0.252 e. The number of anilines is 1. The number of carbonyl (C=O) groups is 1. The molecular formula is C10H13N3O. The van der Waals surface area contributed by atoms with E-state index in [-0.39, 0.29) is 5.82 Å². The molecule has 0 aromatic carbocycles. The number of primary amides is 1. The molecule has 1 aromatic rings. The van der Waals surface area contributed by atoms with Crippen LogP contribution in [0.25, 0.3) is 0 Å². The van der Waals surface area contributed by atoms with Crippen LogP contribution in [0, 0.1) is 0 Å². The number of aryl methyl sites for hydroxylation is 2. The van der Waals surface area contributed by atoms with E-state index >= 15 is 0 Å². The van der Waals surface area contributed by atoms with Crippen molar-refractivity contribution in [1.29, 1.82) is 0 Å². The first-order valence-electron chi connectivity index (χ1n) is 4.76. The highest BCUT2D eigenvalue weighted by atomic mass is 16.1. The number of pyridine rings is 1. The lowest BCUT2D eigenvalue weighted by Gasteiger charge is -2.16. The molecule has 0 aliphatic heterocycles. The average molecular weight is 191 g/mol. The summed E-state index contributed by atoms with van der Waals surface area (Å²) in [5, 5.41) is 0. The summed E-state index contributed by atoms with van der Waals surface area (Å²) in [6.07, 6.45) is 4.23. The number of amides is 1. The Kier molecular flexibility index (Phi) is 2.11. The van der Waals surface area contributed by atoms with Gasteiger partial charge < -0.3 is 11.5 Å². The van der Waals surface area contributed by atoms with Crippen LogP contribution in [0.3, 0.4) is 0 Å². The van der Waals surface area contributed by atoms with E-state index in [1.165, 1.54) is 0 Å². The molecule has 0 bridgehead atoms. The van der Waals surface area contributed by atoms with Crippen LogP contribution in [-0.4, -0.2) is 10.9 Å². The standard InChI is InChI=1S/C10H13N3O/c11-9-7(10(12)14)5-6-3-1-2-4-8(6)13-9/h5H,1-4H2,(H2,11,13)(H2,12,14). The number of nitrogens with zero attached hydrogens (tertiary/aromatic N) is 1. The summed E-state index contributed by atoms with van der Waals surface area (Å²) >= 11 is 0. The summed E-state index contributed by atoms with van der Waals surface area (Å²) in [5.74, 6) is -0.235. The third kappa shape index (κ3) is 1.43. The second kappa shape index (κ2) is 3.29. The third-order valence-corrected chi connectivity index (χ3v) is 2.60. The summed E-state index contributed by atoms with van der Waals surface area (Å²) < 4.78 is 0. The molecule has 0 fully saturated rings. The molecule has 2 rings (SSSR count). The normalized spacial score (nSPS) is 14.9. The molecule has 0 unspecified atom stereocenters. The second-order valence-corrected chi connectivity index (χ2v) is 3.60.